The van der Waals surface area contributed by atoms with Crippen molar-refractivity contribution in [2.75, 3.05) is 33.9 Å². The van der Waals surface area contributed by atoms with Gasteiger partial charge in [-0.05, 0) is 43.5 Å². The van der Waals surface area contributed by atoms with Crippen LogP contribution >= 0.6 is 0 Å². The molecular formula is C14H25NO3Si. The van der Waals surface area contributed by atoms with E-state index in [1.807, 2.05) is 20.3 Å². The highest BCUT2D eigenvalue weighted by Gasteiger charge is 2.35. The van der Waals surface area contributed by atoms with Crippen LogP contribution in [0.3, 0.4) is 0 Å². The van der Waals surface area contributed by atoms with Crippen molar-refractivity contribution in [3.8, 4) is 0 Å². The Bertz CT molecular complexity index is 340. The highest BCUT2D eigenvalue weighted by Crippen LogP contribution is 2.25. The van der Waals surface area contributed by atoms with Crippen LogP contribution in [0.5, 0.6) is 0 Å². The smallest absolute Gasteiger partial charge is 0.337 e. The molecule has 5 heteroatoms. The minimum absolute atomic E-state index is 0.692. The van der Waals surface area contributed by atoms with Crippen LogP contribution in [0.1, 0.15) is 19.3 Å². The van der Waals surface area contributed by atoms with E-state index in [4.69, 9.17) is 13.6 Å². The highest BCUT2D eigenvalue weighted by atomic mass is 28.4. The van der Waals surface area contributed by atoms with Gasteiger partial charge in [0.2, 0.25) is 0 Å². The third-order valence-corrected chi connectivity index (χ3v) is 7.70. The van der Waals surface area contributed by atoms with Crippen molar-refractivity contribution >= 4 is 8.56 Å². The number of rotatable bonds is 3. The van der Waals surface area contributed by atoms with E-state index in [0.717, 1.165) is 37.5 Å². The first-order chi connectivity index (χ1) is 9.29. The summed E-state index contributed by atoms with van der Waals surface area (Å²) in [6, 6.07) is 2.17. The molecule has 2 aliphatic heterocycles. The lowest BCUT2D eigenvalue weighted by atomic mass is 10.3. The molecule has 0 aromatic rings. The predicted molar refractivity (Wildman–Crippen MR) is 78.0 cm³/mol. The molecule has 0 aromatic carbocycles. The van der Waals surface area contributed by atoms with Gasteiger partial charge in [-0.15, -0.1) is 0 Å². The molecule has 2 aliphatic rings. The Balaban J connectivity index is 1.97. The van der Waals surface area contributed by atoms with Crippen molar-refractivity contribution in [2.45, 2.75) is 31.4 Å². The summed E-state index contributed by atoms with van der Waals surface area (Å²) in [6.45, 7) is 2.79. The molecule has 108 valence electrons. The zero-order valence-electron chi connectivity index (χ0n) is 12.1. The fourth-order valence-electron chi connectivity index (χ4n) is 2.77. The maximum absolute atomic E-state index is 5.74. The molecule has 0 spiro atoms. The molecule has 0 aromatic heterocycles. The third-order valence-electron chi connectivity index (χ3n) is 3.98. The topological polar surface area (TPSA) is 30.9 Å². The third kappa shape index (κ3) is 3.84. The van der Waals surface area contributed by atoms with E-state index >= 15 is 0 Å². The van der Waals surface area contributed by atoms with E-state index < -0.39 is 8.56 Å². The molecule has 0 atom stereocenters. The molecule has 0 radical (unpaired) electrons. The van der Waals surface area contributed by atoms with Gasteiger partial charge in [0.1, 0.15) is 6.61 Å². The van der Waals surface area contributed by atoms with Crippen LogP contribution in [0.15, 0.2) is 24.1 Å². The molecule has 0 N–H and O–H groups in total. The van der Waals surface area contributed by atoms with E-state index in [0.29, 0.717) is 6.61 Å². The Hall–Kier alpha value is -0.783. The Morgan fingerprint density at radius 2 is 1.84 bits per heavy atom. The van der Waals surface area contributed by atoms with Crippen LogP contribution in [0.2, 0.25) is 12.1 Å². The predicted octanol–water partition coefficient (Wildman–Crippen LogP) is 2.64. The quantitative estimate of drug-likeness (QED) is 0.745. The SMILES string of the molecule is CO[Si]1(OC)CCCCN(C2=CC=CCO2)CCC1. The van der Waals surface area contributed by atoms with Crippen molar-refractivity contribution in [3.63, 3.8) is 0 Å². The van der Waals surface area contributed by atoms with E-state index in [-0.39, 0.29) is 0 Å². The molecule has 4 nitrogen and oxygen atoms in total. The highest BCUT2D eigenvalue weighted by molar-refractivity contribution is 6.67. The fraction of sp³-hybridized carbons (Fsp3) is 0.714. The van der Waals surface area contributed by atoms with Gasteiger partial charge < -0.3 is 18.5 Å². The van der Waals surface area contributed by atoms with Crippen LogP contribution in [0.25, 0.3) is 0 Å². The molecule has 0 saturated carbocycles. The number of hydrogen-bond acceptors (Lipinski definition) is 4. The van der Waals surface area contributed by atoms with Gasteiger partial charge >= 0.3 is 8.56 Å². The van der Waals surface area contributed by atoms with Crippen LogP contribution in [-0.2, 0) is 13.6 Å². The van der Waals surface area contributed by atoms with Crippen molar-refractivity contribution < 1.29 is 13.6 Å². The zero-order valence-corrected chi connectivity index (χ0v) is 13.1. The van der Waals surface area contributed by atoms with Crippen molar-refractivity contribution in [1.29, 1.82) is 0 Å². The summed E-state index contributed by atoms with van der Waals surface area (Å²) < 4.78 is 17.2. The van der Waals surface area contributed by atoms with Crippen LogP contribution in [0, 0.1) is 0 Å². The Labute approximate surface area is 117 Å². The van der Waals surface area contributed by atoms with Crippen molar-refractivity contribution in [2.24, 2.45) is 0 Å². The van der Waals surface area contributed by atoms with Gasteiger partial charge in [-0.25, -0.2) is 0 Å². The summed E-state index contributed by atoms with van der Waals surface area (Å²) in [5.74, 6) is 1.02. The van der Waals surface area contributed by atoms with Crippen LogP contribution in [-0.4, -0.2) is 47.4 Å². The van der Waals surface area contributed by atoms with Gasteiger partial charge in [0, 0.05) is 27.3 Å². The summed E-state index contributed by atoms with van der Waals surface area (Å²) >= 11 is 0. The lowest BCUT2D eigenvalue weighted by Gasteiger charge is -2.28. The molecule has 0 unspecified atom stereocenters. The molecule has 19 heavy (non-hydrogen) atoms. The molecule has 0 aliphatic carbocycles. The summed E-state index contributed by atoms with van der Waals surface area (Å²) in [7, 11) is 1.69. The second-order valence-electron chi connectivity index (χ2n) is 5.11. The molecule has 2 heterocycles. The first-order valence-electron chi connectivity index (χ1n) is 7.14. The molecule has 1 saturated heterocycles. The molecule has 0 amide bonds. The minimum atomic E-state index is -1.93. The van der Waals surface area contributed by atoms with E-state index in [1.54, 1.807) is 0 Å². The van der Waals surface area contributed by atoms with Gasteiger partial charge in [0.05, 0.1) is 0 Å². The Kier molecular flexibility index (Phi) is 5.48. The summed E-state index contributed by atoms with van der Waals surface area (Å²) in [5.41, 5.74) is 0. The van der Waals surface area contributed by atoms with Crippen LogP contribution < -0.4 is 0 Å². The molecule has 0 bridgehead atoms. The first kappa shape index (κ1) is 14.6. The normalized spacial score (nSPS) is 23.9. The number of hydrogen-bond donors (Lipinski definition) is 0. The summed E-state index contributed by atoms with van der Waals surface area (Å²) in [5, 5.41) is 0. The van der Waals surface area contributed by atoms with E-state index in [2.05, 4.69) is 17.1 Å². The lowest BCUT2D eigenvalue weighted by Crippen LogP contribution is -2.40. The molecule has 1 fully saturated rings. The number of allylic oxidation sites excluding steroid dienone is 2. The van der Waals surface area contributed by atoms with Crippen LogP contribution in [0.4, 0.5) is 0 Å². The van der Waals surface area contributed by atoms with E-state index in [1.165, 1.54) is 12.8 Å². The monoisotopic (exact) mass is 283 g/mol. The minimum Gasteiger partial charge on any atom is -0.475 e. The zero-order chi connectivity index (χ0) is 13.6. The molecular weight excluding hydrogens is 258 g/mol. The maximum Gasteiger partial charge on any atom is 0.337 e. The van der Waals surface area contributed by atoms with Gasteiger partial charge in [-0.2, -0.15) is 0 Å². The largest absolute Gasteiger partial charge is 0.475 e. The molecule has 2 rings (SSSR count). The fourth-order valence-corrected chi connectivity index (χ4v) is 5.49. The van der Waals surface area contributed by atoms with Crippen molar-refractivity contribution in [3.05, 3.63) is 24.1 Å². The van der Waals surface area contributed by atoms with Gasteiger partial charge in [0.15, 0.2) is 5.88 Å². The van der Waals surface area contributed by atoms with Gasteiger partial charge in [-0.3, -0.25) is 0 Å². The Morgan fingerprint density at radius 3 is 2.53 bits per heavy atom. The lowest BCUT2D eigenvalue weighted by molar-refractivity contribution is 0.126. The standard InChI is InChI=1S/C14H25NO3Si/c1-16-19(17-2)12-6-4-9-15(10-7-13-19)14-8-3-5-11-18-14/h3,5,8H,4,6-7,9-13H2,1-2H3. The average molecular weight is 283 g/mol. The first-order valence-corrected chi connectivity index (χ1v) is 9.38. The summed E-state index contributed by atoms with van der Waals surface area (Å²) in [6.07, 6.45) is 9.64. The second kappa shape index (κ2) is 7.12. The average Bonchev–Trinajstić information content (AvgIpc) is 2.58. The summed E-state index contributed by atoms with van der Waals surface area (Å²) in [4.78, 5) is 2.36. The number of ether oxygens (including phenoxy) is 1. The second-order valence-corrected chi connectivity index (χ2v) is 8.75. The number of nitrogens with zero attached hydrogens (tertiary/aromatic N) is 1. The van der Waals surface area contributed by atoms with Gasteiger partial charge in [-0.1, -0.05) is 6.08 Å². The Morgan fingerprint density at radius 1 is 1.11 bits per heavy atom. The maximum atomic E-state index is 5.74. The van der Waals surface area contributed by atoms with Crippen molar-refractivity contribution in [1.82, 2.24) is 4.90 Å². The van der Waals surface area contributed by atoms with E-state index in [9.17, 15) is 0 Å². The van der Waals surface area contributed by atoms with Gasteiger partial charge in [0.25, 0.3) is 0 Å².